The summed E-state index contributed by atoms with van der Waals surface area (Å²) in [6, 6.07) is 6.43. The molecule has 3 N–H and O–H groups in total. The lowest BCUT2D eigenvalue weighted by molar-refractivity contribution is 0.244. The minimum absolute atomic E-state index is 0.380. The number of benzene rings is 1. The fraction of sp³-hybridized carbons (Fsp3) is 0.222. The van der Waals surface area contributed by atoms with Crippen molar-refractivity contribution < 1.29 is 9.53 Å². The Labute approximate surface area is 87.0 Å². The molecular weight excluding hydrogens is 204 g/mol. The van der Waals surface area contributed by atoms with Crippen LogP contribution < -0.4 is 15.8 Å². The van der Waals surface area contributed by atoms with E-state index < -0.39 is 6.03 Å². The van der Waals surface area contributed by atoms with Crippen LogP contribution in [0.25, 0.3) is 0 Å². The first-order valence-corrected chi connectivity index (χ1v) is 4.48. The van der Waals surface area contributed by atoms with Crippen LogP contribution in [0.1, 0.15) is 0 Å². The largest absolute Gasteiger partial charge is 0.492 e. The standard InChI is InChI=1S/C9H11ClN2O2/c10-7-1-3-8(4-2-7)14-6-5-12-9(11)13/h1-4H,5-6H2,(H3,11,12,13). The minimum Gasteiger partial charge on any atom is -0.492 e. The van der Waals surface area contributed by atoms with E-state index in [1.165, 1.54) is 0 Å². The summed E-state index contributed by atoms with van der Waals surface area (Å²) < 4.78 is 5.28. The van der Waals surface area contributed by atoms with Crippen LogP contribution in [-0.4, -0.2) is 19.2 Å². The summed E-state index contributed by atoms with van der Waals surface area (Å²) in [5.41, 5.74) is 4.87. The highest BCUT2D eigenvalue weighted by molar-refractivity contribution is 6.30. The molecule has 4 nitrogen and oxygen atoms in total. The quantitative estimate of drug-likeness (QED) is 0.744. The van der Waals surface area contributed by atoms with Gasteiger partial charge in [0.1, 0.15) is 12.4 Å². The fourth-order valence-corrected chi connectivity index (χ4v) is 1.000. The molecule has 0 atom stereocenters. The number of halogens is 1. The third kappa shape index (κ3) is 4.00. The van der Waals surface area contributed by atoms with E-state index >= 15 is 0 Å². The van der Waals surface area contributed by atoms with E-state index in [-0.39, 0.29) is 0 Å². The van der Waals surface area contributed by atoms with Gasteiger partial charge in [-0.1, -0.05) is 11.6 Å². The second-order valence-electron chi connectivity index (χ2n) is 2.59. The van der Waals surface area contributed by atoms with Crippen LogP contribution in [0.2, 0.25) is 5.02 Å². The van der Waals surface area contributed by atoms with Crippen LogP contribution >= 0.6 is 11.6 Å². The molecule has 0 radical (unpaired) electrons. The zero-order chi connectivity index (χ0) is 10.4. The number of carbonyl (C=O) groups excluding carboxylic acids is 1. The fourth-order valence-electron chi connectivity index (χ4n) is 0.874. The lowest BCUT2D eigenvalue weighted by Crippen LogP contribution is -2.32. The van der Waals surface area contributed by atoms with Gasteiger partial charge in [0.15, 0.2) is 0 Å². The van der Waals surface area contributed by atoms with Crippen molar-refractivity contribution in [3.63, 3.8) is 0 Å². The minimum atomic E-state index is -0.551. The monoisotopic (exact) mass is 214 g/mol. The van der Waals surface area contributed by atoms with Crippen molar-refractivity contribution in [2.75, 3.05) is 13.2 Å². The lowest BCUT2D eigenvalue weighted by Gasteiger charge is -2.05. The molecule has 0 aliphatic heterocycles. The first-order chi connectivity index (χ1) is 6.68. The number of amides is 2. The SMILES string of the molecule is NC(=O)NCCOc1ccc(Cl)cc1. The maximum absolute atomic E-state index is 10.3. The third-order valence-electron chi connectivity index (χ3n) is 1.48. The van der Waals surface area contributed by atoms with Gasteiger partial charge in [0.25, 0.3) is 0 Å². The van der Waals surface area contributed by atoms with Crippen LogP contribution in [0, 0.1) is 0 Å². The first kappa shape index (κ1) is 10.7. The summed E-state index contributed by atoms with van der Waals surface area (Å²) in [6.07, 6.45) is 0. The Balaban J connectivity index is 2.25. The average Bonchev–Trinajstić information content (AvgIpc) is 2.15. The van der Waals surface area contributed by atoms with Crippen molar-refractivity contribution in [1.82, 2.24) is 5.32 Å². The van der Waals surface area contributed by atoms with E-state index in [9.17, 15) is 4.79 Å². The topological polar surface area (TPSA) is 64.4 Å². The van der Waals surface area contributed by atoms with Gasteiger partial charge in [-0.15, -0.1) is 0 Å². The molecule has 0 saturated carbocycles. The Morgan fingerprint density at radius 2 is 2.07 bits per heavy atom. The molecule has 1 aromatic rings. The first-order valence-electron chi connectivity index (χ1n) is 4.10. The number of hydrogen-bond acceptors (Lipinski definition) is 2. The number of nitrogens with one attached hydrogen (secondary N) is 1. The average molecular weight is 215 g/mol. The Morgan fingerprint density at radius 1 is 1.43 bits per heavy atom. The number of carbonyl (C=O) groups is 1. The zero-order valence-corrected chi connectivity index (χ0v) is 8.25. The molecule has 0 aliphatic carbocycles. The molecule has 0 bridgehead atoms. The summed E-state index contributed by atoms with van der Waals surface area (Å²) in [4.78, 5) is 10.3. The number of nitrogens with two attached hydrogens (primary N) is 1. The number of urea groups is 1. The van der Waals surface area contributed by atoms with Gasteiger partial charge >= 0.3 is 6.03 Å². The van der Waals surface area contributed by atoms with Gasteiger partial charge in [-0.3, -0.25) is 0 Å². The molecule has 0 aromatic heterocycles. The van der Waals surface area contributed by atoms with Gasteiger partial charge in [-0.25, -0.2) is 4.79 Å². The Bertz CT molecular complexity index is 300. The predicted molar refractivity (Wildman–Crippen MR) is 54.5 cm³/mol. The smallest absolute Gasteiger partial charge is 0.312 e. The molecule has 0 heterocycles. The van der Waals surface area contributed by atoms with E-state index in [2.05, 4.69) is 5.32 Å². The summed E-state index contributed by atoms with van der Waals surface area (Å²) in [5, 5.41) is 3.07. The lowest BCUT2D eigenvalue weighted by atomic mass is 10.3. The number of ether oxygens (including phenoxy) is 1. The van der Waals surface area contributed by atoms with Crippen molar-refractivity contribution >= 4 is 17.6 Å². The van der Waals surface area contributed by atoms with Crippen molar-refractivity contribution in [2.45, 2.75) is 0 Å². The molecular formula is C9H11ClN2O2. The number of primary amides is 1. The summed E-state index contributed by atoms with van der Waals surface area (Å²) >= 11 is 5.69. The van der Waals surface area contributed by atoms with Crippen LogP contribution in [-0.2, 0) is 0 Å². The van der Waals surface area contributed by atoms with Gasteiger partial charge in [-0.2, -0.15) is 0 Å². The van der Waals surface area contributed by atoms with Gasteiger partial charge in [0.2, 0.25) is 0 Å². The summed E-state index contributed by atoms with van der Waals surface area (Å²) in [7, 11) is 0. The Hall–Kier alpha value is -1.42. The molecule has 0 fully saturated rings. The van der Waals surface area contributed by atoms with Crippen molar-refractivity contribution in [3.05, 3.63) is 29.3 Å². The molecule has 14 heavy (non-hydrogen) atoms. The van der Waals surface area contributed by atoms with Gasteiger partial charge in [0, 0.05) is 5.02 Å². The van der Waals surface area contributed by atoms with Crippen LogP contribution in [0.4, 0.5) is 4.79 Å². The Kier molecular flexibility index (Phi) is 4.07. The van der Waals surface area contributed by atoms with Crippen LogP contribution in [0.3, 0.4) is 0 Å². The van der Waals surface area contributed by atoms with Gasteiger partial charge < -0.3 is 15.8 Å². The normalized spacial score (nSPS) is 9.50. The highest BCUT2D eigenvalue weighted by Gasteiger charge is 1.94. The third-order valence-corrected chi connectivity index (χ3v) is 1.74. The van der Waals surface area contributed by atoms with Crippen molar-refractivity contribution in [3.8, 4) is 5.75 Å². The second-order valence-corrected chi connectivity index (χ2v) is 3.03. The number of hydrogen-bond donors (Lipinski definition) is 2. The van der Waals surface area contributed by atoms with Crippen LogP contribution in [0.15, 0.2) is 24.3 Å². The van der Waals surface area contributed by atoms with E-state index in [1.54, 1.807) is 24.3 Å². The molecule has 0 aliphatic rings. The van der Waals surface area contributed by atoms with Crippen molar-refractivity contribution in [1.29, 1.82) is 0 Å². The highest BCUT2D eigenvalue weighted by Crippen LogP contribution is 2.14. The Morgan fingerprint density at radius 3 is 2.64 bits per heavy atom. The van der Waals surface area contributed by atoms with Gasteiger partial charge in [-0.05, 0) is 24.3 Å². The molecule has 1 rings (SSSR count). The molecule has 0 spiro atoms. The molecule has 2 amide bonds. The maximum Gasteiger partial charge on any atom is 0.312 e. The van der Waals surface area contributed by atoms with Crippen LogP contribution in [0.5, 0.6) is 5.75 Å². The highest BCUT2D eigenvalue weighted by atomic mass is 35.5. The van der Waals surface area contributed by atoms with Gasteiger partial charge in [0.05, 0.1) is 6.54 Å². The number of rotatable bonds is 4. The summed E-state index contributed by atoms with van der Waals surface area (Å²) in [6.45, 7) is 0.766. The maximum atomic E-state index is 10.3. The molecule has 1 aromatic carbocycles. The molecule has 76 valence electrons. The van der Waals surface area contributed by atoms with E-state index in [1.807, 2.05) is 0 Å². The van der Waals surface area contributed by atoms with E-state index in [4.69, 9.17) is 22.1 Å². The predicted octanol–water partition coefficient (Wildman–Crippen LogP) is 1.39. The molecule has 0 saturated heterocycles. The van der Waals surface area contributed by atoms with E-state index in [0.717, 1.165) is 0 Å². The second kappa shape index (κ2) is 5.34. The molecule has 0 unspecified atom stereocenters. The van der Waals surface area contributed by atoms with Crippen molar-refractivity contribution in [2.24, 2.45) is 5.73 Å². The zero-order valence-electron chi connectivity index (χ0n) is 7.50. The van der Waals surface area contributed by atoms with E-state index in [0.29, 0.717) is 23.9 Å². The summed E-state index contributed by atoms with van der Waals surface area (Å²) in [5.74, 6) is 0.709. The molecule has 5 heteroatoms.